The minimum Gasteiger partial charge on any atom is -0.457 e. The van der Waals surface area contributed by atoms with Gasteiger partial charge in [0.25, 0.3) is 0 Å². The van der Waals surface area contributed by atoms with Gasteiger partial charge in [-0.3, -0.25) is 0 Å². The fourth-order valence-electron chi connectivity index (χ4n) is 10.3. The Morgan fingerprint density at radius 1 is 0.435 bits per heavy atom. The highest BCUT2D eigenvalue weighted by molar-refractivity contribution is 5.91. The van der Waals surface area contributed by atoms with Crippen molar-refractivity contribution < 1.29 is 4.74 Å². The van der Waals surface area contributed by atoms with Crippen LogP contribution in [0.1, 0.15) is 60.1 Å². The van der Waals surface area contributed by atoms with Gasteiger partial charge in [-0.2, -0.15) is 0 Å². The van der Waals surface area contributed by atoms with Crippen molar-refractivity contribution in [3.8, 4) is 44.9 Å². The van der Waals surface area contributed by atoms with Crippen LogP contribution in [0.25, 0.3) is 33.4 Å². The number of anilines is 3. The lowest BCUT2D eigenvalue weighted by Crippen LogP contribution is -2.32. The van der Waals surface area contributed by atoms with Crippen molar-refractivity contribution >= 4 is 17.1 Å². The summed E-state index contributed by atoms with van der Waals surface area (Å²) in [6, 6.07) is 68.7. The highest BCUT2D eigenvalue weighted by Gasteiger charge is 2.43. The average Bonchev–Trinajstić information content (AvgIpc) is 3.55. The van der Waals surface area contributed by atoms with Crippen molar-refractivity contribution in [2.75, 3.05) is 4.90 Å². The number of fused-ring (bicyclic) bond motifs is 9. The van der Waals surface area contributed by atoms with Crippen molar-refractivity contribution in [2.45, 2.75) is 37.5 Å². The van der Waals surface area contributed by atoms with Gasteiger partial charge in [-0.25, -0.2) is 0 Å². The zero-order chi connectivity index (χ0) is 41.8. The molecule has 3 aliphatic rings. The van der Waals surface area contributed by atoms with E-state index in [4.69, 9.17) is 4.74 Å². The Hall–Kier alpha value is -7.42. The molecule has 2 aliphatic carbocycles. The van der Waals surface area contributed by atoms with Crippen LogP contribution in [-0.4, -0.2) is 0 Å². The topological polar surface area (TPSA) is 12.5 Å². The minimum absolute atomic E-state index is 0.120. The van der Waals surface area contributed by atoms with Crippen molar-refractivity contribution in [1.82, 2.24) is 0 Å². The molecule has 1 aliphatic heterocycles. The summed E-state index contributed by atoms with van der Waals surface area (Å²) in [5.74, 6) is 1.93. The van der Waals surface area contributed by atoms with Gasteiger partial charge in [0.2, 0.25) is 0 Å². The molecular formula is C60H47NO. The van der Waals surface area contributed by atoms with Crippen molar-refractivity contribution in [3.05, 3.63) is 258 Å². The molecule has 0 saturated carbocycles. The van der Waals surface area contributed by atoms with Gasteiger partial charge in [-0.15, -0.1) is 0 Å². The third-order valence-corrected chi connectivity index (χ3v) is 13.4. The lowest BCUT2D eigenvalue weighted by atomic mass is 9.65. The van der Waals surface area contributed by atoms with Crippen LogP contribution in [0.5, 0.6) is 11.5 Å². The first kappa shape index (κ1) is 37.6. The molecular weight excluding hydrogens is 751 g/mol. The van der Waals surface area contributed by atoms with Gasteiger partial charge in [0.15, 0.2) is 0 Å². The van der Waals surface area contributed by atoms with Crippen LogP contribution in [0, 0.1) is 0 Å². The van der Waals surface area contributed by atoms with E-state index in [1.807, 2.05) is 0 Å². The predicted octanol–water partition coefficient (Wildman–Crippen LogP) is 16.0. The molecule has 298 valence electrons. The molecule has 1 spiro atoms. The molecule has 0 saturated heterocycles. The Morgan fingerprint density at radius 2 is 1.03 bits per heavy atom. The fourth-order valence-corrected chi connectivity index (χ4v) is 10.3. The van der Waals surface area contributed by atoms with Gasteiger partial charge < -0.3 is 9.64 Å². The maximum atomic E-state index is 6.57. The van der Waals surface area contributed by atoms with Crippen LogP contribution >= 0.6 is 0 Å². The molecule has 1 unspecified atom stereocenters. The molecule has 2 nitrogen and oxygen atoms in total. The third kappa shape index (κ3) is 6.01. The Morgan fingerprint density at radius 3 is 1.79 bits per heavy atom. The second-order valence-electron chi connectivity index (χ2n) is 17.3. The van der Waals surface area contributed by atoms with Crippen LogP contribution in [-0.2, 0) is 10.8 Å². The van der Waals surface area contributed by atoms with Crippen LogP contribution in [0.4, 0.5) is 17.1 Å². The van der Waals surface area contributed by atoms with Crippen LogP contribution in [0.2, 0.25) is 0 Å². The number of allylic oxidation sites excluding steroid dienone is 6. The van der Waals surface area contributed by atoms with Gasteiger partial charge in [0, 0.05) is 33.5 Å². The van der Waals surface area contributed by atoms with E-state index >= 15 is 0 Å². The number of rotatable bonds is 5. The van der Waals surface area contributed by atoms with E-state index in [0.717, 1.165) is 39.7 Å². The number of hydrogen-bond acceptors (Lipinski definition) is 2. The van der Waals surface area contributed by atoms with Crippen molar-refractivity contribution in [3.63, 3.8) is 0 Å². The highest BCUT2D eigenvalue weighted by Crippen LogP contribution is 2.55. The first-order valence-corrected chi connectivity index (χ1v) is 21.8. The standard InChI is InChI=1S/C60H47NO/c1-41-19-7-4-5-18-38-60(53-25-13-16-28-57(53)62-58-29-17-14-26-54(58)60)52-37-32-44(39-50(41)52)42-30-33-45(34-31-42)61(56-27-15-11-22-47(56)43-20-8-6-9-21-43)46-35-36-49-48-23-10-12-24-51(48)59(2,3)55(49)40-46/h4-41H,1-3H3/b5-4-,19-7-,38-18+. The Bertz CT molecular complexity index is 3050. The fraction of sp³-hybridized carbons (Fsp3) is 0.100. The van der Waals surface area contributed by atoms with E-state index in [1.54, 1.807) is 0 Å². The van der Waals surface area contributed by atoms with E-state index in [2.05, 4.69) is 250 Å². The number of para-hydroxylation sites is 3. The highest BCUT2D eigenvalue weighted by atomic mass is 16.5. The second-order valence-corrected chi connectivity index (χ2v) is 17.3. The lowest BCUT2D eigenvalue weighted by molar-refractivity contribution is 0.436. The smallest absolute Gasteiger partial charge is 0.132 e. The molecule has 0 radical (unpaired) electrons. The van der Waals surface area contributed by atoms with E-state index < -0.39 is 5.41 Å². The molecule has 11 rings (SSSR count). The summed E-state index contributed by atoms with van der Waals surface area (Å²) in [4.78, 5) is 2.44. The molecule has 2 heteroatoms. The molecule has 0 bridgehead atoms. The number of hydrogen-bond donors (Lipinski definition) is 0. The van der Waals surface area contributed by atoms with E-state index in [9.17, 15) is 0 Å². The second kappa shape index (κ2) is 14.9. The summed E-state index contributed by atoms with van der Waals surface area (Å²) in [7, 11) is 0. The van der Waals surface area contributed by atoms with Crippen molar-refractivity contribution in [2.24, 2.45) is 0 Å². The molecule has 0 fully saturated rings. The van der Waals surface area contributed by atoms with Crippen molar-refractivity contribution in [1.29, 1.82) is 0 Å². The predicted molar refractivity (Wildman–Crippen MR) is 258 cm³/mol. The maximum Gasteiger partial charge on any atom is 0.132 e. The molecule has 0 N–H and O–H groups in total. The summed E-state index contributed by atoms with van der Waals surface area (Å²) in [5, 5.41) is 0. The number of ether oxygens (including phenoxy) is 1. The Balaban J connectivity index is 1.05. The molecule has 1 atom stereocenters. The Kier molecular flexibility index (Phi) is 9.05. The van der Waals surface area contributed by atoms with E-state index in [-0.39, 0.29) is 11.3 Å². The molecule has 0 aromatic heterocycles. The van der Waals surface area contributed by atoms with Gasteiger partial charge in [0.1, 0.15) is 11.5 Å². The normalized spacial score (nSPS) is 17.6. The molecule has 1 heterocycles. The third-order valence-electron chi connectivity index (χ3n) is 13.4. The minimum atomic E-state index is -0.550. The van der Waals surface area contributed by atoms with E-state index in [0.29, 0.717) is 0 Å². The largest absolute Gasteiger partial charge is 0.457 e. The van der Waals surface area contributed by atoms with Gasteiger partial charge in [-0.05, 0) is 98.5 Å². The van der Waals surface area contributed by atoms with Crippen LogP contribution < -0.4 is 9.64 Å². The molecule has 8 aromatic carbocycles. The van der Waals surface area contributed by atoms with Gasteiger partial charge >= 0.3 is 0 Å². The summed E-state index contributed by atoms with van der Waals surface area (Å²) in [6.45, 7) is 7.02. The summed E-state index contributed by atoms with van der Waals surface area (Å²) < 4.78 is 6.57. The first-order chi connectivity index (χ1) is 30.4. The summed E-state index contributed by atoms with van der Waals surface area (Å²) >= 11 is 0. The van der Waals surface area contributed by atoms with Crippen LogP contribution in [0.15, 0.2) is 225 Å². The zero-order valence-corrected chi connectivity index (χ0v) is 35.3. The molecule has 62 heavy (non-hydrogen) atoms. The maximum absolute atomic E-state index is 6.57. The average molecular weight is 798 g/mol. The first-order valence-electron chi connectivity index (χ1n) is 21.8. The molecule has 8 aromatic rings. The van der Waals surface area contributed by atoms with Gasteiger partial charge in [-0.1, -0.05) is 203 Å². The summed E-state index contributed by atoms with van der Waals surface area (Å²) in [6.07, 6.45) is 13.3. The number of nitrogens with zero attached hydrogens (tertiary/aromatic N) is 1. The van der Waals surface area contributed by atoms with Crippen LogP contribution in [0.3, 0.4) is 0 Å². The Labute approximate surface area is 365 Å². The molecule has 0 amide bonds. The van der Waals surface area contributed by atoms with Gasteiger partial charge in [0.05, 0.1) is 11.1 Å². The number of benzene rings is 8. The van der Waals surface area contributed by atoms with E-state index in [1.165, 1.54) is 55.6 Å². The lowest BCUT2D eigenvalue weighted by Gasteiger charge is -2.40. The zero-order valence-electron chi connectivity index (χ0n) is 35.3. The monoisotopic (exact) mass is 797 g/mol. The summed E-state index contributed by atoms with van der Waals surface area (Å²) in [5.41, 5.74) is 17.6. The SMILES string of the molecule is CC1\C=C/C=C\C=C\C2(c3ccccc3Oc3ccccc32)c2ccc(-c3ccc(N(c4ccc5c(c4)C(C)(C)c4ccccc4-5)c4ccccc4-c4ccccc4)cc3)cc21. The quantitative estimate of drug-likeness (QED) is 0.172.